The van der Waals surface area contributed by atoms with Crippen molar-refractivity contribution in [1.29, 1.82) is 0 Å². The third kappa shape index (κ3) is 4.50. The van der Waals surface area contributed by atoms with Crippen LogP contribution < -0.4 is 10.0 Å². The molecule has 2 N–H and O–H groups in total. The predicted octanol–water partition coefficient (Wildman–Crippen LogP) is 0.390. The van der Waals surface area contributed by atoms with Gasteiger partial charge in [0.2, 0.25) is 10.0 Å². The normalized spacial score (nSPS) is 19.6. The lowest BCUT2D eigenvalue weighted by atomic mass is 9.97. The van der Waals surface area contributed by atoms with Gasteiger partial charge < -0.3 is 10.2 Å². The molecule has 6 heteroatoms. The second-order valence-corrected chi connectivity index (χ2v) is 7.35. The lowest BCUT2D eigenvalue weighted by Gasteiger charge is -2.36. The lowest BCUT2D eigenvalue weighted by molar-refractivity contribution is 0.162. The van der Waals surface area contributed by atoms with Gasteiger partial charge in [-0.1, -0.05) is 12.8 Å². The molecule has 1 saturated carbocycles. The van der Waals surface area contributed by atoms with E-state index in [1.54, 1.807) is 0 Å². The van der Waals surface area contributed by atoms with E-state index in [0.717, 1.165) is 19.4 Å². The first-order valence-electron chi connectivity index (χ1n) is 6.71. The summed E-state index contributed by atoms with van der Waals surface area (Å²) in [6, 6.07) is 0. The van der Waals surface area contributed by atoms with Crippen LogP contribution in [0.15, 0.2) is 0 Å². The van der Waals surface area contributed by atoms with Crippen LogP contribution in [0, 0.1) is 0 Å². The van der Waals surface area contributed by atoms with Crippen molar-refractivity contribution >= 4 is 10.0 Å². The molecule has 0 radical (unpaired) electrons. The zero-order valence-electron chi connectivity index (χ0n) is 11.8. The van der Waals surface area contributed by atoms with Crippen LogP contribution in [0.25, 0.3) is 0 Å². The highest BCUT2D eigenvalue weighted by Crippen LogP contribution is 2.33. The Hall–Kier alpha value is -0.170. The smallest absolute Gasteiger partial charge is 0.211 e. The minimum atomic E-state index is -3.13. The summed E-state index contributed by atoms with van der Waals surface area (Å²) in [5.41, 5.74) is 0.0239. The van der Waals surface area contributed by atoms with Crippen molar-refractivity contribution in [1.82, 2.24) is 14.9 Å². The van der Waals surface area contributed by atoms with Crippen LogP contribution in [0.5, 0.6) is 0 Å². The van der Waals surface area contributed by atoms with Crippen molar-refractivity contribution in [2.75, 3.05) is 40.0 Å². The fourth-order valence-electron chi connectivity index (χ4n) is 2.57. The van der Waals surface area contributed by atoms with Gasteiger partial charge in [0.1, 0.15) is 0 Å². The maximum atomic E-state index is 11.9. The van der Waals surface area contributed by atoms with Crippen LogP contribution in [0.4, 0.5) is 0 Å². The molecule has 0 aliphatic heterocycles. The van der Waals surface area contributed by atoms with Crippen LogP contribution in [0.3, 0.4) is 0 Å². The Balaban J connectivity index is 2.47. The average Bonchev–Trinajstić information content (AvgIpc) is 2.77. The van der Waals surface area contributed by atoms with Crippen LogP contribution in [0.2, 0.25) is 0 Å². The summed E-state index contributed by atoms with van der Waals surface area (Å²) in [6.07, 6.45) is 5.21. The highest BCUT2D eigenvalue weighted by molar-refractivity contribution is 7.89. The van der Waals surface area contributed by atoms with Gasteiger partial charge in [0.25, 0.3) is 0 Å². The van der Waals surface area contributed by atoms with Crippen molar-refractivity contribution < 1.29 is 8.42 Å². The Kier molecular flexibility index (Phi) is 6.04. The van der Waals surface area contributed by atoms with Crippen LogP contribution in [-0.2, 0) is 10.0 Å². The topological polar surface area (TPSA) is 61.4 Å². The molecule has 0 amide bonds. The molecule has 0 spiro atoms. The number of sulfonamides is 1. The number of likely N-dealkylation sites (N-methyl/N-ethyl adjacent to an activating group) is 1. The summed E-state index contributed by atoms with van der Waals surface area (Å²) in [6.45, 7) is 1.28. The molecule has 0 unspecified atom stereocenters. The van der Waals surface area contributed by atoms with E-state index in [1.165, 1.54) is 12.8 Å². The molecule has 18 heavy (non-hydrogen) atoms. The standard InChI is InChI=1S/C12H27N3O2S/c1-13-9-6-10-18(16,17)14-11-12(15(2)3)7-4-5-8-12/h13-14H,4-11H2,1-3H3. The van der Waals surface area contributed by atoms with E-state index < -0.39 is 10.0 Å². The minimum absolute atomic E-state index is 0.0239. The van der Waals surface area contributed by atoms with Crippen molar-refractivity contribution in [2.24, 2.45) is 0 Å². The third-order valence-electron chi connectivity index (χ3n) is 3.94. The van der Waals surface area contributed by atoms with Crippen molar-refractivity contribution in [3.05, 3.63) is 0 Å². The van der Waals surface area contributed by atoms with Gasteiger partial charge in [-0.25, -0.2) is 13.1 Å². The second-order valence-electron chi connectivity index (χ2n) is 5.42. The van der Waals surface area contributed by atoms with Gasteiger partial charge in [0.15, 0.2) is 0 Å². The lowest BCUT2D eigenvalue weighted by Crippen LogP contribution is -2.51. The first-order valence-corrected chi connectivity index (χ1v) is 8.36. The first-order chi connectivity index (χ1) is 8.42. The summed E-state index contributed by atoms with van der Waals surface area (Å²) in [5, 5.41) is 2.96. The van der Waals surface area contributed by atoms with Gasteiger partial charge in [-0.15, -0.1) is 0 Å². The van der Waals surface area contributed by atoms with Gasteiger partial charge >= 0.3 is 0 Å². The quantitative estimate of drug-likeness (QED) is 0.630. The molecule has 1 fully saturated rings. The molecular weight excluding hydrogens is 250 g/mol. The van der Waals surface area contributed by atoms with Crippen LogP contribution in [0.1, 0.15) is 32.1 Å². The van der Waals surface area contributed by atoms with Crippen LogP contribution in [-0.4, -0.2) is 58.8 Å². The summed E-state index contributed by atoms with van der Waals surface area (Å²) < 4.78 is 26.5. The molecule has 5 nitrogen and oxygen atoms in total. The van der Waals surface area contributed by atoms with Gasteiger partial charge in [-0.2, -0.15) is 0 Å². The zero-order valence-corrected chi connectivity index (χ0v) is 12.6. The number of nitrogens with zero attached hydrogens (tertiary/aromatic N) is 1. The molecule has 0 aromatic heterocycles. The Morgan fingerprint density at radius 1 is 1.22 bits per heavy atom. The monoisotopic (exact) mass is 277 g/mol. The van der Waals surface area contributed by atoms with E-state index in [0.29, 0.717) is 13.0 Å². The molecule has 0 bridgehead atoms. The summed E-state index contributed by atoms with van der Waals surface area (Å²) in [7, 11) is 2.79. The first kappa shape index (κ1) is 15.9. The Bertz CT molecular complexity index is 335. The predicted molar refractivity (Wildman–Crippen MR) is 75.2 cm³/mol. The largest absolute Gasteiger partial charge is 0.320 e. The molecule has 0 saturated heterocycles. The fourth-order valence-corrected chi connectivity index (χ4v) is 3.73. The Morgan fingerprint density at radius 3 is 2.33 bits per heavy atom. The van der Waals surface area contributed by atoms with Gasteiger partial charge in [0, 0.05) is 12.1 Å². The van der Waals surface area contributed by atoms with Gasteiger partial charge in [-0.3, -0.25) is 0 Å². The highest BCUT2D eigenvalue weighted by Gasteiger charge is 2.36. The van der Waals surface area contributed by atoms with Crippen molar-refractivity contribution in [2.45, 2.75) is 37.6 Å². The molecule has 1 rings (SSSR count). The third-order valence-corrected chi connectivity index (χ3v) is 5.35. The van der Waals surface area contributed by atoms with E-state index in [2.05, 4.69) is 14.9 Å². The summed E-state index contributed by atoms with van der Waals surface area (Å²) >= 11 is 0. The van der Waals surface area contributed by atoms with E-state index in [9.17, 15) is 8.42 Å². The summed E-state index contributed by atoms with van der Waals surface area (Å²) in [4.78, 5) is 2.18. The van der Waals surface area contributed by atoms with E-state index in [-0.39, 0.29) is 11.3 Å². The number of nitrogens with one attached hydrogen (secondary N) is 2. The van der Waals surface area contributed by atoms with Crippen molar-refractivity contribution in [3.63, 3.8) is 0 Å². The number of hydrogen-bond acceptors (Lipinski definition) is 4. The number of rotatable bonds is 8. The second kappa shape index (κ2) is 6.84. The highest BCUT2D eigenvalue weighted by atomic mass is 32.2. The van der Waals surface area contributed by atoms with E-state index in [4.69, 9.17) is 0 Å². The maximum absolute atomic E-state index is 11.9. The van der Waals surface area contributed by atoms with Crippen LogP contribution >= 0.6 is 0 Å². The van der Waals surface area contributed by atoms with Crippen molar-refractivity contribution in [3.8, 4) is 0 Å². The minimum Gasteiger partial charge on any atom is -0.320 e. The summed E-state index contributed by atoms with van der Waals surface area (Å²) in [5.74, 6) is 0.206. The molecule has 1 aliphatic rings. The Labute approximate surface area is 111 Å². The fraction of sp³-hybridized carbons (Fsp3) is 1.00. The molecule has 108 valence electrons. The molecule has 0 aromatic carbocycles. The van der Waals surface area contributed by atoms with E-state index in [1.807, 2.05) is 21.1 Å². The molecule has 0 atom stereocenters. The molecule has 0 aromatic rings. The molecule has 0 heterocycles. The van der Waals surface area contributed by atoms with Gasteiger partial charge in [0.05, 0.1) is 5.75 Å². The molecular formula is C12H27N3O2S. The SMILES string of the molecule is CNCCCS(=O)(=O)NCC1(N(C)C)CCCC1. The van der Waals surface area contributed by atoms with E-state index >= 15 is 0 Å². The zero-order chi connectivity index (χ0) is 13.6. The maximum Gasteiger partial charge on any atom is 0.211 e. The number of hydrogen-bond donors (Lipinski definition) is 2. The molecule has 1 aliphatic carbocycles. The van der Waals surface area contributed by atoms with Gasteiger partial charge in [-0.05, 0) is 47.0 Å². The average molecular weight is 277 g/mol. The Morgan fingerprint density at radius 2 is 1.83 bits per heavy atom.